The summed E-state index contributed by atoms with van der Waals surface area (Å²) < 4.78 is 5.41. The second-order valence-corrected chi connectivity index (χ2v) is 5.41. The molecule has 8 nitrogen and oxygen atoms in total. The van der Waals surface area contributed by atoms with Gasteiger partial charge < -0.3 is 10.5 Å². The number of benzene rings is 1. The monoisotopic (exact) mass is 311 g/mol. The Kier molecular flexibility index (Phi) is 3.07. The molecule has 0 aliphatic carbocycles. The molecule has 8 heteroatoms. The van der Waals surface area contributed by atoms with Gasteiger partial charge in [-0.25, -0.2) is 0 Å². The Morgan fingerprint density at radius 1 is 1.52 bits per heavy atom. The van der Waals surface area contributed by atoms with Crippen LogP contribution < -0.4 is 10.5 Å². The first-order valence-corrected chi connectivity index (χ1v) is 6.78. The van der Waals surface area contributed by atoms with Gasteiger partial charge in [-0.3, -0.25) is 15.2 Å². The number of nitrogens with zero attached hydrogens (tertiary/aromatic N) is 3. The number of nitro benzene ring substituents is 1. The average molecular weight is 311 g/mol. The van der Waals surface area contributed by atoms with E-state index in [2.05, 4.69) is 16.3 Å². The Bertz CT molecular complexity index is 893. The number of H-pyrrole nitrogens is 1. The number of nitrogens with one attached hydrogen (secondary N) is 1. The van der Waals surface area contributed by atoms with Crippen LogP contribution in [0, 0.1) is 28.4 Å². The van der Waals surface area contributed by atoms with Crippen LogP contribution in [0.25, 0.3) is 0 Å². The SMILES string of the molecule is Cc1[nH]nc2c1[C@@](C)(c1cccc([N+](=O)[O-])c1)C(C#N)=C(N)O2. The summed E-state index contributed by atoms with van der Waals surface area (Å²) in [6, 6.07) is 8.20. The number of nitriles is 1. The van der Waals surface area contributed by atoms with E-state index in [1.807, 2.05) is 0 Å². The molecule has 1 aliphatic heterocycles. The molecule has 0 saturated carbocycles. The zero-order valence-electron chi connectivity index (χ0n) is 12.5. The third-order valence-corrected chi connectivity index (χ3v) is 4.11. The first kappa shape index (κ1) is 14.6. The first-order valence-electron chi connectivity index (χ1n) is 6.78. The van der Waals surface area contributed by atoms with Crippen LogP contribution in [0.3, 0.4) is 0 Å². The molecule has 0 spiro atoms. The molecule has 2 heterocycles. The maximum Gasteiger partial charge on any atom is 0.269 e. The van der Waals surface area contributed by atoms with Gasteiger partial charge in [-0.1, -0.05) is 12.1 Å². The minimum atomic E-state index is -0.991. The second kappa shape index (κ2) is 4.84. The smallest absolute Gasteiger partial charge is 0.269 e. The third-order valence-electron chi connectivity index (χ3n) is 4.11. The van der Waals surface area contributed by atoms with Crippen molar-refractivity contribution >= 4 is 5.69 Å². The number of aryl methyl sites for hydroxylation is 1. The highest BCUT2D eigenvalue weighted by Crippen LogP contribution is 2.48. The number of hydrogen-bond acceptors (Lipinski definition) is 6. The van der Waals surface area contributed by atoms with Gasteiger partial charge in [0.25, 0.3) is 5.69 Å². The summed E-state index contributed by atoms with van der Waals surface area (Å²) in [5.41, 5.74) is 6.92. The summed E-state index contributed by atoms with van der Waals surface area (Å²) in [6.45, 7) is 3.57. The van der Waals surface area contributed by atoms with E-state index in [4.69, 9.17) is 10.5 Å². The van der Waals surface area contributed by atoms with Crippen molar-refractivity contribution in [3.63, 3.8) is 0 Å². The van der Waals surface area contributed by atoms with Crippen LogP contribution in [0.15, 0.2) is 35.7 Å². The van der Waals surface area contributed by atoms with Crippen LogP contribution in [0.1, 0.15) is 23.7 Å². The van der Waals surface area contributed by atoms with Gasteiger partial charge in [-0.2, -0.15) is 5.26 Å². The lowest BCUT2D eigenvalue weighted by atomic mass is 9.70. The Hall–Kier alpha value is -3.34. The molecule has 0 amide bonds. The van der Waals surface area contributed by atoms with Crippen LogP contribution in [0.2, 0.25) is 0 Å². The molecular weight excluding hydrogens is 298 g/mol. The van der Waals surface area contributed by atoms with Crippen molar-refractivity contribution < 1.29 is 9.66 Å². The molecule has 0 fully saturated rings. The Morgan fingerprint density at radius 2 is 2.26 bits per heavy atom. The number of allylic oxidation sites excluding steroid dienone is 1. The van der Waals surface area contributed by atoms with E-state index in [-0.39, 0.29) is 23.0 Å². The molecule has 23 heavy (non-hydrogen) atoms. The van der Waals surface area contributed by atoms with Crippen molar-refractivity contribution in [2.75, 3.05) is 0 Å². The molecule has 1 aliphatic rings. The number of aromatic amines is 1. The van der Waals surface area contributed by atoms with Gasteiger partial charge >= 0.3 is 0 Å². The molecule has 116 valence electrons. The van der Waals surface area contributed by atoms with Gasteiger partial charge in [0.15, 0.2) is 0 Å². The molecule has 3 N–H and O–H groups in total. The number of rotatable bonds is 2. The quantitative estimate of drug-likeness (QED) is 0.644. The van der Waals surface area contributed by atoms with Crippen molar-refractivity contribution in [1.29, 1.82) is 5.26 Å². The topological polar surface area (TPSA) is 131 Å². The molecule has 0 bridgehead atoms. The van der Waals surface area contributed by atoms with Gasteiger partial charge in [0.05, 0.1) is 15.9 Å². The fourth-order valence-corrected chi connectivity index (χ4v) is 2.98. The van der Waals surface area contributed by atoms with Gasteiger partial charge in [0.2, 0.25) is 11.8 Å². The molecule has 1 atom stereocenters. The molecule has 1 aromatic carbocycles. The van der Waals surface area contributed by atoms with Crippen LogP contribution in [-0.4, -0.2) is 15.1 Å². The minimum absolute atomic E-state index is 0.0551. The molecule has 1 aromatic heterocycles. The summed E-state index contributed by atoms with van der Waals surface area (Å²) in [6.07, 6.45) is 0. The largest absolute Gasteiger partial charge is 0.420 e. The predicted molar refractivity (Wildman–Crippen MR) is 80.3 cm³/mol. The number of non-ortho nitro benzene ring substituents is 1. The predicted octanol–water partition coefficient (Wildman–Crippen LogP) is 2.02. The maximum atomic E-state index is 11.1. The molecule has 2 aromatic rings. The Balaban J connectivity index is 2.34. The standard InChI is InChI=1S/C15H13N5O3/c1-8-12-14(19-18-8)23-13(17)11(7-16)15(12,2)9-4-3-5-10(6-9)20(21)22/h3-6H,17H2,1-2H3,(H,18,19)/t15-/m0/s1. The van der Waals surface area contributed by atoms with E-state index in [0.717, 1.165) is 0 Å². The average Bonchev–Trinajstić information content (AvgIpc) is 2.89. The highest BCUT2D eigenvalue weighted by molar-refractivity contribution is 5.61. The third kappa shape index (κ3) is 1.94. The van der Waals surface area contributed by atoms with Gasteiger partial charge in [0.1, 0.15) is 11.6 Å². The van der Waals surface area contributed by atoms with Crippen molar-refractivity contribution in [2.45, 2.75) is 19.3 Å². The van der Waals surface area contributed by atoms with E-state index >= 15 is 0 Å². The highest BCUT2D eigenvalue weighted by atomic mass is 16.6. The van der Waals surface area contributed by atoms with Gasteiger partial charge in [-0.15, -0.1) is 5.10 Å². The van der Waals surface area contributed by atoms with Crippen molar-refractivity contribution in [2.24, 2.45) is 5.73 Å². The van der Waals surface area contributed by atoms with E-state index in [0.29, 0.717) is 16.8 Å². The number of aromatic nitrogens is 2. The summed E-state index contributed by atoms with van der Waals surface area (Å²) in [7, 11) is 0. The fraction of sp³-hybridized carbons (Fsp3) is 0.200. The number of nitrogens with two attached hydrogens (primary N) is 1. The summed E-state index contributed by atoms with van der Waals surface area (Å²) in [5.74, 6) is 0.216. The van der Waals surface area contributed by atoms with Crippen LogP contribution in [0.4, 0.5) is 5.69 Å². The lowest BCUT2D eigenvalue weighted by molar-refractivity contribution is -0.384. The molecule has 3 rings (SSSR count). The van der Waals surface area contributed by atoms with E-state index in [1.165, 1.54) is 12.1 Å². The zero-order valence-corrected chi connectivity index (χ0v) is 12.5. The Labute approximate surface area is 131 Å². The second-order valence-electron chi connectivity index (χ2n) is 5.41. The van der Waals surface area contributed by atoms with Gasteiger partial charge in [-0.05, 0) is 19.4 Å². The first-order chi connectivity index (χ1) is 10.9. The summed E-state index contributed by atoms with van der Waals surface area (Å²) >= 11 is 0. The molecule has 0 unspecified atom stereocenters. The summed E-state index contributed by atoms with van der Waals surface area (Å²) in [5, 5.41) is 27.5. The molecule has 0 radical (unpaired) electrons. The summed E-state index contributed by atoms with van der Waals surface area (Å²) in [4.78, 5) is 10.6. The van der Waals surface area contributed by atoms with Crippen molar-refractivity contribution in [3.8, 4) is 11.9 Å². The lowest BCUT2D eigenvalue weighted by Gasteiger charge is -2.33. The van der Waals surface area contributed by atoms with E-state index in [9.17, 15) is 15.4 Å². The van der Waals surface area contributed by atoms with E-state index < -0.39 is 10.3 Å². The Morgan fingerprint density at radius 3 is 2.91 bits per heavy atom. The number of hydrogen-bond donors (Lipinski definition) is 2. The van der Waals surface area contributed by atoms with Crippen LogP contribution in [-0.2, 0) is 5.41 Å². The number of fused-ring (bicyclic) bond motifs is 1. The fourth-order valence-electron chi connectivity index (χ4n) is 2.98. The normalized spacial score (nSPS) is 19.7. The van der Waals surface area contributed by atoms with Gasteiger partial charge in [0, 0.05) is 17.8 Å². The van der Waals surface area contributed by atoms with Crippen molar-refractivity contribution in [3.05, 3.63) is 62.7 Å². The van der Waals surface area contributed by atoms with E-state index in [1.54, 1.807) is 26.0 Å². The minimum Gasteiger partial charge on any atom is -0.420 e. The molecular formula is C15H13N5O3. The lowest BCUT2D eigenvalue weighted by Crippen LogP contribution is -2.34. The zero-order chi connectivity index (χ0) is 16.8. The maximum absolute atomic E-state index is 11.1. The van der Waals surface area contributed by atoms with Crippen molar-refractivity contribution in [1.82, 2.24) is 10.2 Å². The highest BCUT2D eigenvalue weighted by Gasteiger charge is 2.45. The molecule has 0 saturated heterocycles. The van der Waals surface area contributed by atoms with Crippen LogP contribution in [0.5, 0.6) is 5.88 Å². The van der Waals surface area contributed by atoms with Crippen LogP contribution >= 0.6 is 0 Å². The number of ether oxygens (including phenoxy) is 1. The number of nitro groups is 1.